The summed E-state index contributed by atoms with van der Waals surface area (Å²) in [6.07, 6.45) is 8.71. The van der Waals surface area contributed by atoms with E-state index in [-0.39, 0.29) is 11.9 Å². The van der Waals surface area contributed by atoms with E-state index in [0.717, 1.165) is 19.5 Å². The maximum absolute atomic E-state index is 12.3. The summed E-state index contributed by atoms with van der Waals surface area (Å²) < 4.78 is 0. The van der Waals surface area contributed by atoms with Crippen molar-refractivity contribution < 1.29 is 4.79 Å². The SMILES string of the molecule is CC(C)C[C@H](N)C(=O)N1CCC2(CCCCC2)C1. The van der Waals surface area contributed by atoms with Crippen LogP contribution in [0.2, 0.25) is 0 Å². The van der Waals surface area contributed by atoms with Crippen LogP contribution in [0.3, 0.4) is 0 Å². The van der Waals surface area contributed by atoms with Gasteiger partial charge < -0.3 is 10.6 Å². The van der Waals surface area contributed by atoms with Crippen molar-refractivity contribution in [1.29, 1.82) is 0 Å². The Morgan fingerprint density at radius 2 is 1.89 bits per heavy atom. The van der Waals surface area contributed by atoms with Crippen molar-refractivity contribution in [2.45, 2.75) is 64.8 Å². The fourth-order valence-corrected chi connectivity index (χ4v) is 3.68. The van der Waals surface area contributed by atoms with Gasteiger partial charge in [0.1, 0.15) is 0 Å². The minimum atomic E-state index is -0.288. The van der Waals surface area contributed by atoms with Gasteiger partial charge >= 0.3 is 0 Å². The summed E-state index contributed by atoms with van der Waals surface area (Å²) in [4.78, 5) is 14.3. The first-order valence-corrected chi connectivity index (χ1v) is 7.57. The van der Waals surface area contributed by atoms with Gasteiger partial charge in [-0.2, -0.15) is 0 Å². The number of carbonyl (C=O) groups excluding carboxylic acids is 1. The second kappa shape index (κ2) is 5.60. The topological polar surface area (TPSA) is 46.3 Å². The molecule has 1 saturated carbocycles. The van der Waals surface area contributed by atoms with E-state index in [2.05, 4.69) is 13.8 Å². The van der Waals surface area contributed by atoms with Crippen molar-refractivity contribution in [2.24, 2.45) is 17.1 Å². The molecule has 0 aromatic heterocycles. The van der Waals surface area contributed by atoms with Gasteiger partial charge in [-0.1, -0.05) is 33.1 Å². The smallest absolute Gasteiger partial charge is 0.239 e. The summed E-state index contributed by atoms with van der Waals surface area (Å²) in [5.74, 6) is 0.682. The van der Waals surface area contributed by atoms with Crippen LogP contribution in [0.4, 0.5) is 0 Å². The molecule has 2 fully saturated rings. The number of rotatable bonds is 3. The van der Waals surface area contributed by atoms with Crippen molar-refractivity contribution in [1.82, 2.24) is 4.90 Å². The number of likely N-dealkylation sites (tertiary alicyclic amines) is 1. The van der Waals surface area contributed by atoms with Crippen molar-refractivity contribution in [3.05, 3.63) is 0 Å². The van der Waals surface area contributed by atoms with Crippen LogP contribution in [0.5, 0.6) is 0 Å². The van der Waals surface area contributed by atoms with E-state index in [1.807, 2.05) is 4.90 Å². The van der Waals surface area contributed by atoms with E-state index in [0.29, 0.717) is 11.3 Å². The van der Waals surface area contributed by atoms with Gasteiger partial charge in [-0.15, -0.1) is 0 Å². The lowest BCUT2D eigenvalue weighted by Crippen LogP contribution is -2.44. The summed E-state index contributed by atoms with van der Waals surface area (Å²) in [5, 5.41) is 0. The van der Waals surface area contributed by atoms with E-state index in [1.165, 1.54) is 38.5 Å². The van der Waals surface area contributed by atoms with E-state index >= 15 is 0 Å². The highest BCUT2D eigenvalue weighted by atomic mass is 16.2. The molecule has 0 radical (unpaired) electrons. The average molecular weight is 252 g/mol. The molecule has 2 rings (SSSR count). The summed E-state index contributed by atoms with van der Waals surface area (Å²) in [6, 6.07) is -0.288. The number of hydrogen-bond donors (Lipinski definition) is 1. The minimum Gasteiger partial charge on any atom is -0.341 e. The third-order valence-corrected chi connectivity index (χ3v) is 4.71. The van der Waals surface area contributed by atoms with Gasteiger partial charge in [-0.25, -0.2) is 0 Å². The van der Waals surface area contributed by atoms with E-state index < -0.39 is 0 Å². The normalized spacial score (nSPS) is 24.8. The Morgan fingerprint density at radius 1 is 1.22 bits per heavy atom. The van der Waals surface area contributed by atoms with Gasteiger partial charge in [0, 0.05) is 13.1 Å². The molecule has 18 heavy (non-hydrogen) atoms. The Labute approximate surface area is 111 Å². The Balaban J connectivity index is 1.89. The molecular formula is C15H28N2O. The van der Waals surface area contributed by atoms with Crippen molar-refractivity contribution in [3.63, 3.8) is 0 Å². The number of carbonyl (C=O) groups is 1. The first kappa shape index (κ1) is 13.9. The van der Waals surface area contributed by atoms with Crippen LogP contribution in [-0.2, 0) is 4.79 Å². The van der Waals surface area contributed by atoms with Gasteiger partial charge in [-0.3, -0.25) is 4.79 Å². The molecule has 1 heterocycles. The molecule has 0 aromatic carbocycles. The fraction of sp³-hybridized carbons (Fsp3) is 0.933. The molecule has 0 aromatic rings. The molecule has 0 bridgehead atoms. The highest BCUT2D eigenvalue weighted by Gasteiger charge is 2.41. The highest BCUT2D eigenvalue weighted by molar-refractivity contribution is 5.82. The first-order valence-electron chi connectivity index (χ1n) is 7.57. The van der Waals surface area contributed by atoms with Gasteiger partial charge in [0.25, 0.3) is 0 Å². The van der Waals surface area contributed by atoms with Crippen molar-refractivity contribution >= 4 is 5.91 Å². The van der Waals surface area contributed by atoms with Crippen LogP contribution in [0.1, 0.15) is 58.8 Å². The predicted octanol–water partition coefficient (Wildman–Crippen LogP) is 2.54. The van der Waals surface area contributed by atoms with Crippen molar-refractivity contribution in [3.8, 4) is 0 Å². The summed E-state index contributed by atoms with van der Waals surface area (Å²) in [5.41, 5.74) is 6.47. The molecule has 1 atom stereocenters. The molecule has 0 unspecified atom stereocenters. The number of nitrogens with zero attached hydrogens (tertiary/aromatic N) is 1. The van der Waals surface area contributed by atoms with Gasteiger partial charge in [0.15, 0.2) is 0 Å². The second-order valence-corrected chi connectivity index (χ2v) is 6.81. The lowest BCUT2D eigenvalue weighted by molar-refractivity contribution is -0.132. The maximum atomic E-state index is 12.3. The van der Waals surface area contributed by atoms with Crippen molar-refractivity contribution in [2.75, 3.05) is 13.1 Å². The third-order valence-electron chi connectivity index (χ3n) is 4.71. The monoisotopic (exact) mass is 252 g/mol. The minimum absolute atomic E-state index is 0.186. The molecule has 3 nitrogen and oxygen atoms in total. The van der Waals surface area contributed by atoms with Crippen LogP contribution < -0.4 is 5.73 Å². The van der Waals surface area contributed by atoms with Crippen LogP contribution in [0, 0.1) is 11.3 Å². The zero-order chi connectivity index (χ0) is 13.2. The quantitative estimate of drug-likeness (QED) is 0.839. The molecule has 1 saturated heterocycles. The highest BCUT2D eigenvalue weighted by Crippen LogP contribution is 2.43. The van der Waals surface area contributed by atoms with Gasteiger partial charge in [0.2, 0.25) is 5.91 Å². The Morgan fingerprint density at radius 3 is 2.50 bits per heavy atom. The molecule has 2 N–H and O–H groups in total. The largest absolute Gasteiger partial charge is 0.341 e. The molecule has 1 aliphatic carbocycles. The maximum Gasteiger partial charge on any atom is 0.239 e. The fourth-order valence-electron chi connectivity index (χ4n) is 3.68. The van der Waals surface area contributed by atoms with E-state index in [4.69, 9.17) is 5.73 Å². The number of hydrogen-bond acceptors (Lipinski definition) is 2. The van der Waals surface area contributed by atoms with Crippen LogP contribution >= 0.6 is 0 Å². The molecular weight excluding hydrogens is 224 g/mol. The molecule has 2 aliphatic rings. The average Bonchev–Trinajstić information content (AvgIpc) is 2.72. The second-order valence-electron chi connectivity index (χ2n) is 6.81. The Hall–Kier alpha value is -0.570. The number of amides is 1. The zero-order valence-corrected chi connectivity index (χ0v) is 12.0. The summed E-state index contributed by atoms with van der Waals surface area (Å²) in [6.45, 7) is 6.15. The van der Waals surface area contributed by atoms with Crippen LogP contribution in [0.25, 0.3) is 0 Å². The Bertz CT molecular complexity index is 295. The molecule has 1 aliphatic heterocycles. The summed E-state index contributed by atoms with van der Waals surface area (Å²) in [7, 11) is 0. The number of nitrogens with two attached hydrogens (primary N) is 1. The lowest BCUT2D eigenvalue weighted by Gasteiger charge is -2.33. The molecule has 1 amide bonds. The Kier molecular flexibility index (Phi) is 4.31. The standard InChI is InChI=1S/C15H28N2O/c1-12(2)10-13(16)14(18)17-9-8-15(11-17)6-4-3-5-7-15/h12-13H,3-11,16H2,1-2H3/t13-/m0/s1. The predicted molar refractivity (Wildman–Crippen MR) is 74.1 cm³/mol. The summed E-state index contributed by atoms with van der Waals surface area (Å²) >= 11 is 0. The van der Waals surface area contributed by atoms with Crippen LogP contribution in [-0.4, -0.2) is 29.9 Å². The van der Waals surface area contributed by atoms with Crippen LogP contribution in [0.15, 0.2) is 0 Å². The lowest BCUT2D eigenvalue weighted by atomic mass is 9.73. The molecule has 1 spiro atoms. The van der Waals surface area contributed by atoms with E-state index in [9.17, 15) is 4.79 Å². The van der Waals surface area contributed by atoms with Gasteiger partial charge in [-0.05, 0) is 37.0 Å². The van der Waals surface area contributed by atoms with Gasteiger partial charge in [0.05, 0.1) is 6.04 Å². The third kappa shape index (κ3) is 3.05. The van der Waals surface area contributed by atoms with E-state index in [1.54, 1.807) is 0 Å². The first-order chi connectivity index (χ1) is 8.52. The molecule has 3 heteroatoms. The zero-order valence-electron chi connectivity index (χ0n) is 12.0. The molecule has 104 valence electrons.